The Morgan fingerprint density at radius 1 is 1.20 bits per heavy atom. The molecule has 0 radical (unpaired) electrons. The maximum absolute atomic E-state index is 12.4. The minimum Gasteiger partial charge on any atom is -0.337 e. The second-order valence-electron chi connectivity index (χ2n) is 4.83. The summed E-state index contributed by atoms with van der Waals surface area (Å²) in [4.78, 5) is 14.1. The van der Waals surface area contributed by atoms with E-state index in [1.165, 1.54) is 0 Å². The zero-order chi connectivity index (χ0) is 13.9. The Balaban J connectivity index is 1.84. The van der Waals surface area contributed by atoms with E-state index in [9.17, 15) is 4.79 Å². The molecule has 0 atom stereocenters. The number of nitrogens with zero attached hydrogens (tertiary/aromatic N) is 2. The maximum atomic E-state index is 12.4. The zero-order valence-electron chi connectivity index (χ0n) is 11.2. The molecule has 3 aromatic rings. The molecule has 100 valence electrons. The summed E-state index contributed by atoms with van der Waals surface area (Å²) < 4.78 is 0. The minimum atomic E-state index is 0.0111. The largest absolute Gasteiger partial charge is 0.337 e. The van der Waals surface area contributed by atoms with Crippen LogP contribution in [0.3, 0.4) is 0 Å². The Kier molecular flexibility index (Phi) is 3.21. The molecule has 1 N–H and O–H groups in total. The van der Waals surface area contributed by atoms with E-state index in [-0.39, 0.29) is 5.91 Å². The van der Waals surface area contributed by atoms with Crippen molar-refractivity contribution < 1.29 is 4.79 Å². The molecule has 0 spiro atoms. The van der Waals surface area contributed by atoms with Crippen LogP contribution in [0.25, 0.3) is 10.8 Å². The van der Waals surface area contributed by atoms with Crippen molar-refractivity contribution in [3.8, 4) is 0 Å². The number of H-pyrrole nitrogens is 1. The molecule has 0 saturated heterocycles. The van der Waals surface area contributed by atoms with Crippen molar-refractivity contribution >= 4 is 16.7 Å². The fourth-order valence-electron chi connectivity index (χ4n) is 2.25. The van der Waals surface area contributed by atoms with Gasteiger partial charge < -0.3 is 4.90 Å². The molecule has 4 heteroatoms. The van der Waals surface area contributed by atoms with Gasteiger partial charge in [-0.05, 0) is 22.9 Å². The third-order valence-corrected chi connectivity index (χ3v) is 3.32. The van der Waals surface area contributed by atoms with Crippen LogP contribution in [0.1, 0.15) is 15.9 Å². The van der Waals surface area contributed by atoms with Crippen molar-refractivity contribution in [2.45, 2.75) is 6.54 Å². The van der Waals surface area contributed by atoms with Crippen molar-refractivity contribution in [2.75, 3.05) is 7.05 Å². The Hall–Kier alpha value is -2.62. The van der Waals surface area contributed by atoms with E-state index in [0.717, 1.165) is 16.3 Å². The number of carbonyl (C=O) groups excluding carboxylic acids is 1. The lowest BCUT2D eigenvalue weighted by Crippen LogP contribution is -2.25. The number of hydrogen-bond donors (Lipinski definition) is 1. The molecule has 0 saturated carbocycles. The van der Waals surface area contributed by atoms with Gasteiger partial charge in [0.1, 0.15) is 0 Å². The summed E-state index contributed by atoms with van der Waals surface area (Å²) in [5.74, 6) is 0.0111. The van der Waals surface area contributed by atoms with Crippen molar-refractivity contribution in [2.24, 2.45) is 0 Å². The normalized spacial score (nSPS) is 10.7. The number of amides is 1. The van der Waals surface area contributed by atoms with Crippen LogP contribution < -0.4 is 0 Å². The van der Waals surface area contributed by atoms with Crippen molar-refractivity contribution in [1.29, 1.82) is 0 Å². The van der Waals surface area contributed by atoms with Crippen LogP contribution in [-0.2, 0) is 6.54 Å². The number of hydrogen-bond acceptors (Lipinski definition) is 2. The van der Waals surface area contributed by atoms with Gasteiger partial charge in [0.2, 0.25) is 0 Å². The van der Waals surface area contributed by atoms with E-state index in [1.807, 2.05) is 42.5 Å². The lowest BCUT2D eigenvalue weighted by molar-refractivity contribution is 0.0785. The third kappa shape index (κ3) is 2.40. The SMILES string of the molecule is CN(Cc1cn[nH]c1)C(=O)c1ccc2ccccc2c1. The van der Waals surface area contributed by atoms with Gasteiger partial charge in [-0.1, -0.05) is 30.3 Å². The zero-order valence-corrected chi connectivity index (χ0v) is 11.2. The lowest BCUT2D eigenvalue weighted by Gasteiger charge is -2.16. The molecule has 0 aliphatic heterocycles. The molecule has 1 aromatic heterocycles. The highest BCUT2D eigenvalue weighted by molar-refractivity contribution is 5.98. The van der Waals surface area contributed by atoms with E-state index < -0.39 is 0 Å². The van der Waals surface area contributed by atoms with Crippen LogP contribution in [0.15, 0.2) is 54.9 Å². The van der Waals surface area contributed by atoms with Gasteiger partial charge in [0, 0.05) is 30.9 Å². The summed E-state index contributed by atoms with van der Waals surface area (Å²) in [5.41, 5.74) is 1.69. The first-order chi connectivity index (χ1) is 9.74. The topological polar surface area (TPSA) is 49.0 Å². The van der Waals surface area contributed by atoms with Crippen molar-refractivity contribution in [1.82, 2.24) is 15.1 Å². The Labute approximate surface area is 117 Å². The quantitative estimate of drug-likeness (QED) is 0.791. The number of benzene rings is 2. The molecule has 0 fully saturated rings. The van der Waals surface area contributed by atoms with Gasteiger partial charge in [0.05, 0.1) is 6.20 Å². The molecular formula is C16H15N3O. The summed E-state index contributed by atoms with van der Waals surface area (Å²) >= 11 is 0. The Bertz CT molecular complexity index is 734. The van der Waals surface area contributed by atoms with Crippen LogP contribution in [0.4, 0.5) is 0 Å². The Morgan fingerprint density at radius 2 is 2.00 bits per heavy atom. The molecule has 20 heavy (non-hydrogen) atoms. The lowest BCUT2D eigenvalue weighted by atomic mass is 10.1. The van der Waals surface area contributed by atoms with E-state index in [4.69, 9.17) is 0 Å². The van der Waals surface area contributed by atoms with E-state index in [1.54, 1.807) is 24.3 Å². The van der Waals surface area contributed by atoms with Crippen LogP contribution in [0.2, 0.25) is 0 Å². The average Bonchev–Trinajstić information content (AvgIpc) is 2.99. The van der Waals surface area contributed by atoms with Crippen molar-refractivity contribution in [3.05, 3.63) is 66.0 Å². The summed E-state index contributed by atoms with van der Waals surface area (Å²) in [6, 6.07) is 13.8. The monoisotopic (exact) mass is 265 g/mol. The number of nitrogens with one attached hydrogen (secondary N) is 1. The van der Waals surface area contributed by atoms with E-state index in [0.29, 0.717) is 12.1 Å². The fraction of sp³-hybridized carbons (Fsp3) is 0.125. The predicted molar refractivity (Wildman–Crippen MR) is 78.3 cm³/mol. The molecule has 0 aliphatic rings. The maximum Gasteiger partial charge on any atom is 0.253 e. The molecule has 4 nitrogen and oxygen atoms in total. The van der Waals surface area contributed by atoms with E-state index >= 15 is 0 Å². The summed E-state index contributed by atoms with van der Waals surface area (Å²) in [5, 5.41) is 8.85. The highest BCUT2D eigenvalue weighted by atomic mass is 16.2. The summed E-state index contributed by atoms with van der Waals surface area (Å²) in [6.07, 6.45) is 3.52. The fourth-order valence-corrected chi connectivity index (χ4v) is 2.25. The highest BCUT2D eigenvalue weighted by Crippen LogP contribution is 2.17. The number of rotatable bonds is 3. The average molecular weight is 265 g/mol. The van der Waals surface area contributed by atoms with Gasteiger partial charge >= 0.3 is 0 Å². The van der Waals surface area contributed by atoms with Crippen LogP contribution in [0, 0.1) is 0 Å². The molecule has 1 heterocycles. The standard InChI is InChI=1S/C16H15N3O/c1-19(11-12-9-17-18-10-12)16(20)15-7-6-13-4-2-3-5-14(13)8-15/h2-10H,11H2,1H3,(H,17,18). The van der Waals surface area contributed by atoms with Gasteiger partial charge in [-0.3, -0.25) is 9.89 Å². The molecule has 2 aromatic carbocycles. The van der Waals surface area contributed by atoms with Crippen LogP contribution in [-0.4, -0.2) is 28.1 Å². The van der Waals surface area contributed by atoms with Crippen LogP contribution >= 0.6 is 0 Å². The van der Waals surface area contributed by atoms with Gasteiger partial charge in [0.25, 0.3) is 5.91 Å². The second-order valence-corrected chi connectivity index (χ2v) is 4.83. The van der Waals surface area contributed by atoms with Gasteiger partial charge in [-0.15, -0.1) is 0 Å². The summed E-state index contributed by atoms with van der Waals surface area (Å²) in [7, 11) is 1.80. The predicted octanol–water partition coefficient (Wildman–Crippen LogP) is 2.84. The number of fused-ring (bicyclic) bond motifs is 1. The first kappa shape index (κ1) is 12.4. The molecule has 0 aliphatic carbocycles. The molecule has 0 bridgehead atoms. The molecule has 3 rings (SSSR count). The number of aromatic nitrogens is 2. The highest BCUT2D eigenvalue weighted by Gasteiger charge is 2.12. The van der Waals surface area contributed by atoms with Crippen molar-refractivity contribution in [3.63, 3.8) is 0 Å². The smallest absolute Gasteiger partial charge is 0.253 e. The first-order valence-electron chi connectivity index (χ1n) is 6.46. The van der Waals surface area contributed by atoms with Gasteiger partial charge in [0.15, 0.2) is 0 Å². The molecule has 1 amide bonds. The number of aromatic amines is 1. The molecular weight excluding hydrogens is 250 g/mol. The first-order valence-corrected chi connectivity index (χ1v) is 6.46. The second kappa shape index (κ2) is 5.17. The third-order valence-electron chi connectivity index (χ3n) is 3.32. The summed E-state index contributed by atoms with van der Waals surface area (Å²) in [6.45, 7) is 0.544. The number of carbonyl (C=O) groups is 1. The van der Waals surface area contributed by atoms with Gasteiger partial charge in [-0.2, -0.15) is 5.10 Å². The minimum absolute atomic E-state index is 0.0111. The van der Waals surface area contributed by atoms with Crippen LogP contribution in [0.5, 0.6) is 0 Å². The van der Waals surface area contributed by atoms with Gasteiger partial charge in [-0.25, -0.2) is 0 Å². The Morgan fingerprint density at radius 3 is 2.75 bits per heavy atom. The molecule has 0 unspecified atom stereocenters. The van der Waals surface area contributed by atoms with E-state index in [2.05, 4.69) is 10.2 Å².